The Morgan fingerprint density at radius 2 is 2.00 bits per heavy atom. The molecule has 0 atom stereocenters. The molecule has 0 unspecified atom stereocenters. The van der Waals surface area contributed by atoms with E-state index in [-0.39, 0.29) is 36.6 Å². The summed E-state index contributed by atoms with van der Waals surface area (Å²) >= 11 is 6.33. The fraction of sp³-hybridized carbons (Fsp3) is 0.261. The lowest BCUT2D eigenvalue weighted by Gasteiger charge is -2.14. The van der Waals surface area contributed by atoms with Crippen LogP contribution >= 0.6 is 11.6 Å². The number of rotatable bonds is 9. The van der Waals surface area contributed by atoms with E-state index < -0.39 is 5.91 Å². The summed E-state index contributed by atoms with van der Waals surface area (Å²) in [6.45, 7) is 0.202. The van der Waals surface area contributed by atoms with Crippen molar-refractivity contribution in [3.05, 3.63) is 53.2 Å². The quantitative estimate of drug-likeness (QED) is 0.351. The van der Waals surface area contributed by atoms with Crippen molar-refractivity contribution in [2.45, 2.75) is 25.3 Å². The van der Waals surface area contributed by atoms with Gasteiger partial charge in [-0.25, -0.2) is 4.79 Å². The number of fused-ring (bicyclic) bond motifs is 1. The second kappa shape index (κ2) is 9.93. The van der Waals surface area contributed by atoms with Crippen molar-refractivity contribution in [2.24, 2.45) is 5.73 Å². The van der Waals surface area contributed by atoms with Crippen LogP contribution in [0.4, 0.5) is 10.5 Å². The number of primary amides is 1. The van der Waals surface area contributed by atoms with Gasteiger partial charge in [-0.3, -0.25) is 9.78 Å². The molecule has 10 heteroatoms. The van der Waals surface area contributed by atoms with E-state index in [4.69, 9.17) is 31.9 Å². The predicted molar refractivity (Wildman–Crippen MR) is 124 cm³/mol. The van der Waals surface area contributed by atoms with E-state index in [0.717, 1.165) is 12.8 Å². The minimum Gasteiger partial charge on any atom is -0.493 e. The van der Waals surface area contributed by atoms with Gasteiger partial charge in [0, 0.05) is 42.8 Å². The number of urea groups is 1. The van der Waals surface area contributed by atoms with Gasteiger partial charge in [0.15, 0.2) is 0 Å². The number of aliphatic hydroxyl groups is 1. The Kier molecular flexibility index (Phi) is 6.81. The number of nitrogens with two attached hydrogens (primary N) is 1. The highest BCUT2D eigenvalue weighted by Gasteiger charge is 2.23. The average Bonchev–Trinajstić information content (AvgIpc) is 3.59. The number of carbonyl (C=O) groups excluding carboxylic acids is 2. The molecule has 1 heterocycles. The molecule has 1 aliphatic rings. The number of hydrogen-bond acceptors (Lipinski definition) is 6. The van der Waals surface area contributed by atoms with Crippen LogP contribution < -0.4 is 25.8 Å². The minimum absolute atomic E-state index is 0.0300. The van der Waals surface area contributed by atoms with Crippen LogP contribution in [-0.4, -0.2) is 41.3 Å². The number of carbonyl (C=O) groups is 2. The summed E-state index contributed by atoms with van der Waals surface area (Å²) in [4.78, 5) is 28.3. The van der Waals surface area contributed by atoms with Crippen LogP contribution in [-0.2, 0) is 0 Å². The average molecular weight is 471 g/mol. The number of halogens is 1. The molecule has 3 amide bonds. The highest BCUT2D eigenvalue weighted by Crippen LogP contribution is 2.35. The number of benzene rings is 2. The molecule has 2 aromatic carbocycles. The van der Waals surface area contributed by atoms with E-state index in [1.165, 1.54) is 0 Å². The number of aromatic nitrogens is 1. The van der Waals surface area contributed by atoms with Crippen molar-refractivity contribution in [3.63, 3.8) is 0 Å². The van der Waals surface area contributed by atoms with Crippen molar-refractivity contribution < 1.29 is 24.2 Å². The number of aliphatic hydroxyl groups excluding tert-OH is 1. The van der Waals surface area contributed by atoms with Crippen molar-refractivity contribution in [1.82, 2.24) is 10.3 Å². The summed E-state index contributed by atoms with van der Waals surface area (Å²) in [7, 11) is 0. The van der Waals surface area contributed by atoms with Crippen molar-refractivity contribution in [3.8, 4) is 17.2 Å². The Morgan fingerprint density at radius 3 is 2.70 bits per heavy atom. The zero-order chi connectivity index (χ0) is 23.4. The Bertz CT molecular complexity index is 1200. The monoisotopic (exact) mass is 470 g/mol. The lowest BCUT2D eigenvalue weighted by Crippen LogP contribution is -2.30. The van der Waals surface area contributed by atoms with Crippen molar-refractivity contribution >= 4 is 40.1 Å². The third-order valence-corrected chi connectivity index (χ3v) is 5.27. The van der Waals surface area contributed by atoms with Gasteiger partial charge in [0.1, 0.15) is 17.2 Å². The molecule has 1 aliphatic carbocycles. The summed E-state index contributed by atoms with van der Waals surface area (Å²) in [6.07, 6.45) is 3.96. The first kappa shape index (κ1) is 22.6. The largest absolute Gasteiger partial charge is 0.493 e. The lowest BCUT2D eigenvalue weighted by molar-refractivity contribution is 0.0996. The maximum absolute atomic E-state index is 12.0. The van der Waals surface area contributed by atoms with Crippen LogP contribution in [0.1, 0.15) is 29.6 Å². The maximum atomic E-state index is 12.0. The number of nitrogens with zero attached hydrogens (tertiary/aromatic N) is 1. The molecule has 1 saturated carbocycles. The number of anilines is 1. The molecule has 4 rings (SSSR count). The molecule has 0 saturated heterocycles. The number of nitrogens with one attached hydrogen (secondary N) is 2. The topological polar surface area (TPSA) is 136 Å². The van der Waals surface area contributed by atoms with Crippen LogP contribution in [0.2, 0.25) is 5.02 Å². The molecule has 0 bridgehead atoms. The van der Waals surface area contributed by atoms with Gasteiger partial charge in [-0.15, -0.1) is 0 Å². The Balaban J connectivity index is 1.57. The summed E-state index contributed by atoms with van der Waals surface area (Å²) < 4.78 is 11.6. The molecular weight excluding hydrogens is 448 g/mol. The van der Waals surface area contributed by atoms with Gasteiger partial charge in [0.2, 0.25) is 0 Å². The first-order chi connectivity index (χ1) is 15.9. The van der Waals surface area contributed by atoms with Gasteiger partial charge in [-0.2, -0.15) is 0 Å². The fourth-order valence-electron chi connectivity index (χ4n) is 3.16. The van der Waals surface area contributed by atoms with Gasteiger partial charge in [0.05, 0.1) is 28.4 Å². The van der Waals surface area contributed by atoms with Crippen LogP contribution in [0.25, 0.3) is 10.9 Å². The van der Waals surface area contributed by atoms with Gasteiger partial charge < -0.3 is 30.9 Å². The predicted octanol–water partition coefficient (Wildman–Crippen LogP) is 3.82. The summed E-state index contributed by atoms with van der Waals surface area (Å²) in [6, 6.07) is 9.67. The van der Waals surface area contributed by atoms with Gasteiger partial charge in [-0.1, -0.05) is 11.6 Å². The van der Waals surface area contributed by atoms with Gasteiger partial charge in [-0.05, 0) is 37.1 Å². The lowest BCUT2D eigenvalue weighted by atomic mass is 10.1. The molecule has 0 radical (unpaired) electrons. The molecule has 33 heavy (non-hydrogen) atoms. The third-order valence-electron chi connectivity index (χ3n) is 4.96. The molecule has 9 nitrogen and oxygen atoms in total. The van der Waals surface area contributed by atoms with Crippen LogP contribution in [0.3, 0.4) is 0 Å². The molecule has 172 valence electrons. The van der Waals surface area contributed by atoms with E-state index in [2.05, 4.69) is 15.6 Å². The SMILES string of the molecule is NC(=O)c1cc2c(Oc3ccc(NC(=O)NC4CC4)c(Cl)c3)ccnc2cc1OCCCO. The molecule has 0 spiro atoms. The van der Waals surface area contributed by atoms with E-state index in [9.17, 15) is 9.59 Å². The van der Waals surface area contributed by atoms with Crippen molar-refractivity contribution in [1.29, 1.82) is 0 Å². The van der Waals surface area contributed by atoms with Crippen LogP contribution in [0.5, 0.6) is 17.2 Å². The second-order valence-electron chi connectivity index (χ2n) is 7.58. The van der Waals surface area contributed by atoms with Gasteiger partial charge in [0.25, 0.3) is 5.91 Å². The number of ether oxygens (including phenoxy) is 2. The van der Waals surface area contributed by atoms with Crippen LogP contribution in [0.15, 0.2) is 42.6 Å². The molecular formula is C23H23ClN4O5. The second-order valence-corrected chi connectivity index (χ2v) is 7.99. The first-order valence-electron chi connectivity index (χ1n) is 10.5. The van der Waals surface area contributed by atoms with E-state index in [1.807, 2.05) is 0 Å². The van der Waals surface area contributed by atoms with E-state index in [1.54, 1.807) is 42.6 Å². The highest BCUT2D eigenvalue weighted by atomic mass is 35.5. The van der Waals surface area contributed by atoms with Crippen molar-refractivity contribution in [2.75, 3.05) is 18.5 Å². The highest BCUT2D eigenvalue weighted by molar-refractivity contribution is 6.33. The standard InChI is InChI=1S/C23H23ClN4O5/c24-17-10-14(4-5-18(17)28-23(31)27-13-2-3-13)33-20-6-7-26-19-12-21(32-9-1-8-29)16(22(25)30)11-15(19)20/h4-7,10-13,29H,1-3,8-9H2,(H2,25,30)(H2,27,28,31). The van der Waals surface area contributed by atoms with Crippen LogP contribution in [0, 0.1) is 0 Å². The molecule has 1 aromatic heterocycles. The van der Waals surface area contributed by atoms with E-state index >= 15 is 0 Å². The molecule has 0 aliphatic heterocycles. The van der Waals surface area contributed by atoms with Gasteiger partial charge >= 0.3 is 6.03 Å². The maximum Gasteiger partial charge on any atom is 0.319 e. The van der Waals surface area contributed by atoms with E-state index in [0.29, 0.717) is 39.5 Å². The number of hydrogen-bond donors (Lipinski definition) is 4. The molecule has 3 aromatic rings. The fourth-order valence-corrected chi connectivity index (χ4v) is 3.37. The zero-order valence-electron chi connectivity index (χ0n) is 17.6. The summed E-state index contributed by atoms with van der Waals surface area (Å²) in [5.74, 6) is 0.502. The minimum atomic E-state index is -0.659. The number of pyridine rings is 1. The number of amides is 3. The molecule has 5 N–H and O–H groups in total. The smallest absolute Gasteiger partial charge is 0.319 e. The summed E-state index contributed by atoms with van der Waals surface area (Å²) in [5, 5.41) is 15.4. The Morgan fingerprint density at radius 1 is 1.18 bits per heavy atom. The third kappa shape index (κ3) is 5.63. The summed E-state index contributed by atoms with van der Waals surface area (Å²) in [5.41, 5.74) is 6.71. The normalized spacial score (nSPS) is 12.9. The Hall–Kier alpha value is -3.56. The first-order valence-corrected chi connectivity index (χ1v) is 10.8. The zero-order valence-corrected chi connectivity index (χ0v) is 18.4. The Labute approximate surface area is 194 Å². The molecule has 1 fully saturated rings.